The van der Waals surface area contributed by atoms with Gasteiger partial charge < -0.3 is 4.90 Å². The van der Waals surface area contributed by atoms with Gasteiger partial charge in [0.2, 0.25) is 0 Å². The molecule has 0 aromatic heterocycles. The molecule has 1 rings (SSSR count). The van der Waals surface area contributed by atoms with Gasteiger partial charge in [0.25, 0.3) is 5.91 Å². The van der Waals surface area contributed by atoms with Crippen LogP contribution in [0.5, 0.6) is 0 Å². The van der Waals surface area contributed by atoms with Crippen LogP contribution in [0.3, 0.4) is 0 Å². The number of rotatable bonds is 5. The minimum absolute atomic E-state index is 0.198. The Morgan fingerprint density at radius 2 is 2.07 bits per heavy atom. The molecule has 0 radical (unpaired) electrons. The molecular formula is C10H18N2O2S. The van der Waals surface area contributed by atoms with Crippen LogP contribution in [0.15, 0.2) is 0 Å². The zero-order valence-electron chi connectivity index (χ0n) is 9.50. The van der Waals surface area contributed by atoms with Crippen molar-refractivity contribution in [3.63, 3.8) is 0 Å². The predicted octanol–water partition coefficient (Wildman–Crippen LogP) is 1.46. The second kappa shape index (κ2) is 4.88. The molecule has 1 heterocycles. The Hall–Kier alpha value is -0.710. The first kappa shape index (κ1) is 12.4. The average Bonchev–Trinajstić information content (AvgIpc) is 2.34. The van der Waals surface area contributed by atoms with Gasteiger partial charge >= 0.3 is 6.03 Å². The van der Waals surface area contributed by atoms with Crippen LogP contribution >= 0.6 is 11.8 Å². The van der Waals surface area contributed by atoms with Crippen molar-refractivity contribution in [1.29, 1.82) is 0 Å². The van der Waals surface area contributed by atoms with Gasteiger partial charge in [-0.15, -0.1) is 0 Å². The van der Waals surface area contributed by atoms with E-state index in [2.05, 4.69) is 12.2 Å². The second-order valence-corrected chi connectivity index (χ2v) is 5.41. The van der Waals surface area contributed by atoms with Gasteiger partial charge in [-0.2, -0.15) is 11.8 Å². The van der Waals surface area contributed by atoms with E-state index in [1.807, 2.05) is 11.8 Å². The van der Waals surface area contributed by atoms with Gasteiger partial charge in [-0.3, -0.25) is 10.1 Å². The van der Waals surface area contributed by atoms with Gasteiger partial charge in [0.15, 0.2) is 0 Å². The standard InChI is InChI=1S/C10H18N2O2S/c1-4-15-7-5-6-12-9(14)11-8(13)10(12,2)3/h4-7H2,1-3H3,(H,11,13,14). The highest BCUT2D eigenvalue weighted by Crippen LogP contribution is 2.21. The van der Waals surface area contributed by atoms with Crippen LogP contribution in [0.25, 0.3) is 0 Å². The number of carbonyl (C=O) groups excluding carboxylic acids is 2. The zero-order chi connectivity index (χ0) is 11.5. The van der Waals surface area contributed by atoms with Gasteiger partial charge in [0, 0.05) is 6.54 Å². The number of nitrogens with zero attached hydrogens (tertiary/aromatic N) is 1. The molecule has 15 heavy (non-hydrogen) atoms. The Balaban J connectivity index is 2.46. The van der Waals surface area contributed by atoms with Gasteiger partial charge in [0.05, 0.1) is 0 Å². The highest BCUT2D eigenvalue weighted by atomic mass is 32.2. The number of nitrogens with one attached hydrogen (secondary N) is 1. The predicted molar refractivity (Wildman–Crippen MR) is 61.9 cm³/mol. The maximum Gasteiger partial charge on any atom is 0.324 e. The van der Waals surface area contributed by atoms with E-state index < -0.39 is 5.54 Å². The third-order valence-corrected chi connectivity index (χ3v) is 3.56. The van der Waals surface area contributed by atoms with E-state index >= 15 is 0 Å². The minimum Gasteiger partial charge on any atom is -0.310 e. The van der Waals surface area contributed by atoms with Crippen LogP contribution in [0.2, 0.25) is 0 Å². The quantitative estimate of drug-likeness (QED) is 0.574. The second-order valence-electron chi connectivity index (χ2n) is 4.02. The summed E-state index contributed by atoms with van der Waals surface area (Å²) in [7, 11) is 0. The molecule has 1 aliphatic heterocycles. The molecule has 0 saturated carbocycles. The molecule has 1 N–H and O–H groups in total. The fraction of sp³-hybridized carbons (Fsp3) is 0.800. The van der Waals surface area contributed by atoms with E-state index in [0.29, 0.717) is 6.54 Å². The molecule has 86 valence electrons. The highest BCUT2D eigenvalue weighted by Gasteiger charge is 2.44. The van der Waals surface area contributed by atoms with Crippen molar-refractivity contribution in [2.75, 3.05) is 18.1 Å². The van der Waals surface area contributed by atoms with Crippen LogP contribution in [-0.2, 0) is 4.79 Å². The summed E-state index contributed by atoms with van der Waals surface area (Å²) in [5.41, 5.74) is -0.687. The monoisotopic (exact) mass is 230 g/mol. The Kier molecular flexibility index (Phi) is 4.02. The molecule has 0 atom stereocenters. The first-order valence-corrected chi connectivity index (χ1v) is 6.36. The van der Waals surface area contributed by atoms with Crippen molar-refractivity contribution in [2.45, 2.75) is 32.7 Å². The normalized spacial score (nSPS) is 19.5. The number of urea groups is 1. The highest BCUT2D eigenvalue weighted by molar-refractivity contribution is 7.99. The Labute approximate surface area is 94.8 Å². The van der Waals surface area contributed by atoms with Crippen LogP contribution in [0, 0.1) is 0 Å². The summed E-state index contributed by atoms with van der Waals surface area (Å²) < 4.78 is 0. The Bertz CT molecular complexity index is 266. The van der Waals surface area contributed by atoms with E-state index in [9.17, 15) is 9.59 Å². The summed E-state index contributed by atoms with van der Waals surface area (Å²) in [6.07, 6.45) is 0.933. The number of thioether (sulfide) groups is 1. The van der Waals surface area contributed by atoms with Gasteiger partial charge in [-0.25, -0.2) is 4.79 Å². The lowest BCUT2D eigenvalue weighted by molar-refractivity contribution is -0.125. The summed E-state index contributed by atoms with van der Waals surface area (Å²) in [5, 5.41) is 2.34. The lowest BCUT2D eigenvalue weighted by Crippen LogP contribution is -2.44. The Morgan fingerprint density at radius 1 is 1.40 bits per heavy atom. The number of imide groups is 1. The van der Waals surface area contributed by atoms with E-state index in [1.165, 1.54) is 0 Å². The third kappa shape index (κ3) is 2.65. The van der Waals surface area contributed by atoms with Crippen LogP contribution < -0.4 is 5.32 Å². The first-order chi connectivity index (χ1) is 7.00. The third-order valence-electron chi connectivity index (χ3n) is 2.57. The minimum atomic E-state index is -0.687. The summed E-state index contributed by atoms with van der Waals surface area (Å²) in [4.78, 5) is 24.5. The molecule has 0 spiro atoms. The number of amides is 3. The molecule has 0 aromatic rings. The summed E-state index contributed by atoms with van der Waals surface area (Å²) in [5.74, 6) is 1.93. The molecule has 4 nitrogen and oxygen atoms in total. The SMILES string of the molecule is CCSCCCN1C(=O)NC(=O)C1(C)C. The average molecular weight is 230 g/mol. The number of carbonyl (C=O) groups is 2. The van der Waals surface area contributed by atoms with Crippen LogP contribution in [-0.4, -0.2) is 40.4 Å². The molecule has 0 aromatic carbocycles. The number of hydrogen-bond acceptors (Lipinski definition) is 3. The lowest BCUT2D eigenvalue weighted by atomic mass is 10.0. The van der Waals surface area contributed by atoms with Gasteiger partial charge in [-0.05, 0) is 31.8 Å². The molecule has 0 aliphatic carbocycles. The fourth-order valence-electron chi connectivity index (χ4n) is 1.54. The van der Waals surface area contributed by atoms with Gasteiger partial charge in [0.1, 0.15) is 5.54 Å². The van der Waals surface area contributed by atoms with Crippen LogP contribution in [0.4, 0.5) is 4.79 Å². The maximum absolute atomic E-state index is 11.5. The van der Waals surface area contributed by atoms with E-state index in [4.69, 9.17) is 0 Å². The Morgan fingerprint density at radius 3 is 2.53 bits per heavy atom. The van der Waals surface area contributed by atoms with E-state index in [1.54, 1.807) is 18.7 Å². The van der Waals surface area contributed by atoms with Crippen molar-refractivity contribution in [3.8, 4) is 0 Å². The summed E-state index contributed by atoms with van der Waals surface area (Å²) in [6.45, 7) is 6.32. The van der Waals surface area contributed by atoms with Crippen molar-refractivity contribution in [2.24, 2.45) is 0 Å². The summed E-state index contributed by atoms with van der Waals surface area (Å²) in [6, 6.07) is -0.258. The summed E-state index contributed by atoms with van der Waals surface area (Å²) >= 11 is 1.85. The van der Waals surface area contributed by atoms with Crippen LogP contribution in [0.1, 0.15) is 27.2 Å². The molecule has 0 bridgehead atoms. The van der Waals surface area contributed by atoms with E-state index in [0.717, 1.165) is 17.9 Å². The van der Waals surface area contributed by atoms with Gasteiger partial charge in [-0.1, -0.05) is 6.92 Å². The fourth-order valence-corrected chi connectivity index (χ4v) is 2.17. The first-order valence-electron chi connectivity index (χ1n) is 5.21. The zero-order valence-corrected chi connectivity index (χ0v) is 10.3. The van der Waals surface area contributed by atoms with E-state index in [-0.39, 0.29) is 11.9 Å². The van der Waals surface area contributed by atoms with Crippen molar-refractivity contribution in [3.05, 3.63) is 0 Å². The largest absolute Gasteiger partial charge is 0.324 e. The topological polar surface area (TPSA) is 49.4 Å². The molecule has 0 unspecified atom stereocenters. The molecule has 5 heteroatoms. The molecule has 1 saturated heterocycles. The molecule has 3 amide bonds. The molecular weight excluding hydrogens is 212 g/mol. The van der Waals surface area contributed by atoms with Crippen molar-refractivity contribution in [1.82, 2.24) is 10.2 Å². The van der Waals surface area contributed by atoms with Crippen molar-refractivity contribution >= 4 is 23.7 Å². The lowest BCUT2D eigenvalue weighted by Gasteiger charge is -2.27. The molecule has 1 fully saturated rings. The molecule has 1 aliphatic rings. The maximum atomic E-state index is 11.5. The smallest absolute Gasteiger partial charge is 0.310 e. The number of hydrogen-bond donors (Lipinski definition) is 1. The van der Waals surface area contributed by atoms with Crippen molar-refractivity contribution < 1.29 is 9.59 Å².